The zero-order chi connectivity index (χ0) is 71.4. The predicted octanol–water partition coefficient (Wildman–Crippen LogP) is 23.1. The first-order valence-electron chi connectivity index (χ1n) is 40.5. The number of rotatable bonds is 77. The van der Waals surface area contributed by atoms with Crippen LogP contribution in [0.4, 0.5) is 0 Å². The number of hydrogen-bond acceptors (Lipinski definition) is 15. The third-order valence-corrected chi connectivity index (χ3v) is 20.1. The topological polar surface area (TPSA) is 237 Å². The number of unbranched alkanes of at least 4 members (excludes halogenated alkanes) is 47. The molecule has 0 aromatic heterocycles. The predicted molar refractivity (Wildman–Crippen MR) is 395 cm³/mol. The summed E-state index contributed by atoms with van der Waals surface area (Å²) in [6, 6.07) is 0. The Morgan fingerprint density at radius 3 is 0.701 bits per heavy atom. The van der Waals surface area contributed by atoms with Crippen LogP contribution in [-0.2, 0) is 65.4 Å². The maximum absolute atomic E-state index is 13.1. The summed E-state index contributed by atoms with van der Waals surface area (Å²) in [4.78, 5) is 72.8. The zero-order valence-electron chi connectivity index (χ0n) is 63.4. The van der Waals surface area contributed by atoms with E-state index in [4.69, 9.17) is 37.0 Å². The van der Waals surface area contributed by atoms with Gasteiger partial charge in [0, 0.05) is 25.7 Å². The van der Waals surface area contributed by atoms with Crippen LogP contribution in [0.5, 0.6) is 0 Å². The lowest BCUT2D eigenvalue weighted by Gasteiger charge is -2.21. The summed E-state index contributed by atoms with van der Waals surface area (Å²) in [5, 5.41) is 10.6. The van der Waals surface area contributed by atoms with Crippen molar-refractivity contribution in [2.75, 3.05) is 39.6 Å². The first-order chi connectivity index (χ1) is 46.9. The smallest absolute Gasteiger partial charge is 0.462 e. The van der Waals surface area contributed by atoms with Crippen LogP contribution in [0.25, 0.3) is 0 Å². The van der Waals surface area contributed by atoms with Gasteiger partial charge in [-0.25, -0.2) is 9.13 Å². The van der Waals surface area contributed by atoms with E-state index >= 15 is 0 Å². The van der Waals surface area contributed by atoms with E-state index in [1.165, 1.54) is 218 Å². The fraction of sp³-hybridized carbons (Fsp3) is 0.949. The molecule has 576 valence electrons. The SMILES string of the molecule is CCCCCCCCCCCCCCCCCCCCCCCCC(=O)O[C@H](COC(=O)CCCCCCCCCCCCCCCCCC)COP(=O)(O)OC[C@@H](O)COP(=O)(O)OC[C@@H](COC(=O)CCCCCCCCC(C)C)OC(=O)CCCCCCCCCC(C)C. The fourth-order valence-electron chi connectivity index (χ4n) is 12.0. The van der Waals surface area contributed by atoms with E-state index in [0.717, 1.165) is 96.3 Å². The quantitative estimate of drug-likeness (QED) is 0.0222. The summed E-state index contributed by atoms with van der Waals surface area (Å²) >= 11 is 0. The highest BCUT2D eigenvalue weighted by atomic mass is 31.2. The molecule has 19 heteroatoms. The number of phosphoric ester groups is 2. The Morgan fingerprint density at radius 1 is 0.278 bits per heavy atom. The van der Waals surface area contributed by atoms with Crippen molar-refractivity contribution < 1.29 is 80.2 Å². The Bertz CT molecular complexity index is 1870. The van der Waals surface area contributed by atoms with Crippen LogP contribution in [0.1, 0.15) is 408 Å². The standard InChI is InChI=1S/C78H152O17P2/c1-7-9-11-13-15-17-19-21-23-25-26-27-28-29-30-32-34-36-38-42-50-56-62-77(82)94-73(66-88-75(80)60-54-48-41-37-35-33-31-24-22-20-18-16-14-12-10-8-2)68-92-96(84,85)90-64-72(79)65-91-97(86,87)93-69-74(67-89-76(81)61-55-49-45-44-47-53-59-71(5)6)95-78(83)63-57-51-43-39-40-46-52-58-70(3)4/h70-74,79H,7-69H2,1-6H3,(H,84,85)(H,86,87)/t72-,73-,74-/m1/s1. The maximum Gasteiger partial charge on any atom is 0.472 e. The average Bonchev–Trinajstić information content (AvgIpc) is 1.02. The van der Waals surface area contributed by atoms with Gasteiger partial charge in [0.1, 0.15) is 19.3 Å². The average molecular weight is 1420 g/mol. The molecule has 0 heterocycles. The molecule has 0 aromatic rings. The van der Waals surface area contributed by atoms with Crippen molar-refractivity contribution in [2.24, 2.45) is 11.8 Å². The maximum atomic E-state index is 13.1. The lowest BCUT2D eigenvalue weighted by molar-refractivity contribution is -0.161. The van der Waals surface area contributed by atoms with Crippen molar-refractivity contribution in [2.45, 2.75) is 426 Å². The number of carbonyl (C=O) groups excluding carboxylic acids is 4. The van der Waals surface area contributed by atoms with Gasteiger partial charge in [0.2, 0.25) is 0 Å². The molecule has 0 aliphatic rings. The molecule has 97 heavy (non-hydrogen) atoms. The summed E-state index contributed by atoms with van der Waals surface area (Å²) in [7, 11) is -9.91. The van der Waals surface area contributed by atoms with Crippen molar-refractivity contribution in [3.8, 4) is 0 Å². The van der Waals surface area contributed by atoms with Crippen molar-refractivity contribution >= 4 is 39.5 Å². The number of hydrogen-bond donors (Lipinski definition) is 3. The molecule has 0 aliphatic heterocycles. The fourth-order valence-corrected chi connectivity index (χ4v) is 13.6. The van der Waals surface area contributed by atoms with Crippen molar-refractivity contribution in [1.29, 1.82) is 0 Å². The second-order valence-electron chi connectivity index (χ2n) is 29.1. The van der Waals surface area contributed by atoms with Gasteiger partial charge in [0.25, 0.3) is 0 Å². The van der Waals surface area contributed by atoms with Crippen LogP contribution in [0.2, 0.25) is 0 Å². The second-order valence-corrected chi connectivity index (χ2v) is 32.0. The minimum atomic E-state index is -4.96. The number of phosphoric acid groups is 2. The molecule has 2 unspecified atom stereocenters. The molecule has 0 fully saturated rings. The molecule has 0 saturated heterocycles. The highest BCUT2D eigenvalue weighted by molar-refractivity contribution is 7.47. The molecule has 0 aliphatic carbocycles. The van der Waals surface area contributed by atoms with Crippen LogP contribution in [0.15, 0.2) is 0 Å². The van der Waals surface area contributed by atoms with E-state index < -0.39 is 97.5 Å². The summed E-state index contributed by atoms with van der Waals surface area (Å²) in [6.07, 6.45) is 58.8. The van der Waals surface area contributed by atoms with Crippen LogP contribution >= 0.6 is 15.6 Å². The van der Waals surface area contributed by atoms with Crippen molar-refractivity contribution in [3.63, 3.8) is 0 Å². The first-order valence-corrected chi connectivity index (χ1v) is 43.5. The molecule has 17 nitrogen and oxygen atoms in total. The molecule has 0 amide bonds. The van der Waals surface area contributed by atoms with Gasteiger partial charge in [-0.1, -0.05) is 356 Å². The molecule has 3 N–H and O–H groups in total. The van der Waals surface area contributed by atoms with Crippen molar-refractivity contribution in [1.82, 2.24) is 0 Å². The van der Waals surface area contributed by atoms with Crippen LogP contribution in [-0.4, -0.2) is 96.7 Å². The first kappa shape index (κ1) is 95.1. The molecule has 0 spiro atoms. The minimum Gasteiger partial charge on any atom is -0.462 e. The monoisotopic (exact) mass is 1420 g/mol. The third-order valence-electron chi connectivity index (χ3n) is 18.2. The van der Waals surface area contributed by atoms with E-state index in [0.29, 0.717) is 37.5 Å². The Balaban J connectivity index is 5.17. The lowest BCUT2D eigenvalue weighted by atomic mass is 10.0. The Hall–Kier alpha value is -1.94. The second kappa shape index (κ2) is 69.8. The molecule has 0 saturated carbocycles. The summed E-state index contributed by atoms with van der Waals surface area (Å²) in [6.45, 7) is 9.45. The highest BCUT2D eigenvalue weighted by Gasteiger charge is 2.30. The molecule has 5 atom stereocenters. The molecular weight excluding hydrogens is 1270 g/mol. The highest BCUT2D eigenvalue weighted by Crippen LogP contribution is 2.45. The van der Waals surface area contributed by atoms with Crippen LogP contribution in [0, 0.1) is 11.8 Å². The molecular formula is C78H152O17P2. The zero-order valence-corrected chi connectivity index (χ0v) is 65.2. The van der Waals surface area contributed by atoms with Gasteiger partial charge < -0.3 is 33.8 Å². The molecule has 0 radical (unpaired) electrons. The van der Waals surface area contributed by atoms with E-state index in [1.54, 1.807) is 0 Å². The van der Waals surface area contributed by atoms with Gasteiger partial charge in [-0.3, -0.25) is 37.3 Å². The van der Waals surface area contributed by atoms with Gasteiger partial charge in [-0.05, 0) is 37.5 Å². The van der Waals surface area contributed by atoms with Gasteiger partial charge in [0.05, 0.1) is 26.4 Å². The van der Waals surface area contributed by atoms with E-state index in [-0.39, 0.29) is 25.7 Å². The lowest BCUT2D eigenvalue weighted by Crippen LogP contribution is -2.30. The van der Waals surface area contributed by atoms with Gasteiger partial charge >= 0.3 is 39.5 Å². The normalized spacial score (nSPS) is 14.0. The van der Waals surface area contributed by atoms with E-state index in [9.17, 15) is 43.2 Å². The Kier molecular flexibility index (Phi) is 68.4. The number of esters is 4. The molecule has 0 rings (SSSR count). The third kappa shape index (κ3) is 72.2. The Morgan fingerprint density at radius 2 is 0.474 bits per heavy atom. The molecule has 0 aromatic carbocycles. The van der Waals surface area contributed by atoms with E-state index in [2.05, 4.69) is 41.5 Å². The molecule has 0 bridgehead atoms. The Labute approximate surface area is 594 Å². The summed E-state index contributed by atoms with van der Waals surface area (Å²) in [5.74, 6) is -0.744. The minimum absolute atomic E-state index is 0.103. The summed E-state index contributed by atoms with van der Waals surface area (Å²) in [5.41, 5.74) is 0. The van der Waals surface area contributed by atoms with Crippen LogP contribution in [0.3, 0.4) is 0 Å². The van der Waals surface area contributed by atoms with Gasteiger partial charge in [-0.15, -0.1) is 0 Å². The number of carbonyl (C=O) groups is 4. The van der Waals surface area contributed by atoms with Gasteiger partial charge in [0.15, 0.2) is 12.2 Å². The van der Waals surface area contributed by atoms with E-state index in [1.807, 2.05) is 0 Å². The summed E-state index contributed by atoms with van der Waals surface area (Å²) < 4.78 is 68.5. The van der Waals surface area contributed by atoms with Gasteiger partial charge in [-0.2, -0.15) is 0 Å². The number of ether oxygens (including phenoxy) is 4. The number of aliphatic hydroxyl groups is 1. The largest absolute Gasteiger partial charge is 0.472 e. The van der Waals surface area contributed by atoms with Crippen molar-refractivity contribution in [3.05, 3.63) is 0 Å². The number of aliphatic hydroxyl groups excluding tert-OH is 1. The van der Waals surface area contributed by atoms with Crippen LogP contribution < -0.4 is 0 Å².